The first kappa shape index (κ1) is 18.0. The molecule has 0 fully saturated rings. The summed E-state index contributed by atoms with van der Waals surface area (Å²) in [6.45, 7) is 5.38. The largest absolute Gasteiger partial charge is 0.356 e. The SMILES string of the molecule is CN=C(NCc1c(C)nn(C)c1C)NCC1CC(=O)Nc2ccccc21. The van der Waals surface area contributed by atoms with E-state index in [2.05, 4.69) is 39.0 Å². The summed E-state index contributed by atoms with van der Waals surface area (Å²) in [4.78, 5) is 16.2. The van der Waals surface area contributed by atoms with E-state index in [0.29, 0.717) is 19.5 Å². The van der Waals surface area contributed by atoms with Crippen molar-refractivity contribution >= 4 is 17.6 Å². The molecular weight excluding hydrogens is 328 g/mol. The minimum absolute atomic E-state index is 0.0556. The maximum absolute atomic E-state index is 11.9. The van der Waals surface area contributed by atoms with Crippen LogP contribution in [-0.2, 0) is 18.4 Å². The minimum atomic E-state index is 0.0556. The van der Waals surface area contributed by atoms with E-state index >= 15 is 0 Å². The molecule has 1 aliphatic rings. The number of amides is 1. The molecule has 1 amide bonds. The lowest BCUT2D eigenvalue weighted by atomic mass is 9.90. The van der Waals surface area contributed by atoms with Gasteiger partial charge in [-0.1, -0.05) is 18.2 Å². The Morgan fingerprint density at radius 1 is 1.35 bits per heavy atom. The van der Waals surface area contributed by atoms with Gasteiger partial charge in [0.15, 0.2) is 5.96 Å². The van der Waals surface area contributed by atoms with Crippen molar-refractivity contribution in [2.45, 2.75) is 32.7 Å². The fraction of sp³-hybridized carbons (Fsp3) is 0.421. The molecule has 0 aliphatic carbocycles. The second-order valence-electron chi connectivity index (χ2n) is 6.62. The monoisotopic (exact) mass is 354 g/mol. The average Bonchev–Trinajstić information content (AvgIpc) is 2.87. The van der Waals surface area contributed by atoms with Crippen molar-refractivity contribution in [1.82, 2.24) is 20.4 Å². The van der Waals surface area contributed by atoms with Crippen LogP contribution >= 0.6 is 0 Å². The number of fused-ring (bicyclic) bond motifs is 1. The van der Waals surface area contributed by atoms with Crippen molar-refractivity contribution in [1.29, 1.82) is 0 Å². The molecule has 1 unspecified atom stereocenters. The second kappa shape index (κ2) is 7.59. The number of rotatable bonds is 4. The van der Waals surface area contributed by atoms with Crippen LogP contribution in [0.2, 0.25) is 0 Å². The third-order valence-corrected chi connectivity index (χ3v) is 4.94. The number of hydrogen-bond donors (Lipinski definition) is 3. The van der Waals surface area contributed by atoms with Crippen molar-refractivity contribution in [2.75, 3.05) is 18.9 Å². The molecule has 138 valence electrons. The van der Waals surface area contributed by atoms with E-state index in [-0.39, 0.29) is 11.8 Å². The number of nitrogens with one attached hydrogen (secondary N) is 3. The maximum atomic E-state index is 11.9. The van der Waals surface area contributed by atoms with Gasteiger partial charge in [0.1, 0.15) is 0 Å². The number of carbonyl (C=O) groups excluding carboxylic acids is 1. The van der Waals surface area contributed by atoms with Gasteiger partial charge in [0, 0.05) is 56.5 Å². The highest BCUT2D eigenvalue weighted by atomic mass is 16.1. The number of aryl methyl sites for hydroxylation is 2. The fourth-order valence-corrected chi connectivity index (χ4v) is 3.37. The van der Waals surface area contributed by atoms with Crippen molar-refractivity contribution in [3.05, 3.63) is 46.8 Å². The summed E-state index contributed by atoms with van der Waals surface area (Å²) in [5.74, 6) is 0.900. The van der Waals surface area contributed by atoms with E-state index in [1.165, 1.54) is 5.56 Å². The summed E-state index contributed by atoms with van der Waals surface area (Å²) in [6, 6.07) is 7.96. The van der Waals surface area contributed by atoms with Gasteiger partial charge in [0.2, 0.25) is 5.91 Å². The summed E-state index contributed by atoms with van der Waals surface area (Å²) in [6.07, 6.45) is 0.474. The Morgan fingerprint density at radius 3 is 2.81 bits per heavy atom. The topological polar surface area (TPSA) is 83.3 Å². The number of aromatic nitrogens is 2. The molecule has 0 saturated heterocycles. The Bertz CT molecular complexity index is 839. The van der Waals surface area contributed by atoms with E-state index < -0.39 is 0 Å². The van der Waals surface area contributed by atoms with Gasteiger partial charge in [-0.15, -0.1) is 0 Å². The van der Waals surface area contributed by atoms with E-state index in [0.717, 1.165) is 28.6 Å². The highest BCUT2D eigenvalue weighted by Gasteiger charge is 2.24. The Morgan fingerprint density at radius 2 is 2.12 bits per heavy atom. The van der Waals surface area contributed by atoms with Crippen LogP contribution in [0.3, 0.4) is 0 Å². The molecule has 7 nitrogen and oxygen atoms in total. The van der Waals surface area contributed by atoms with Gasteiger partial charge in [-0.2, -0.15) is 5.10 Å². The van der Waals surface area contributed by atoms with Gasteiger partial charge < -0.3 is 16.0 Å². The first-order chi connectivity index (χ1) is 12.5. The van der Waals surface area contributed by atoms with Crippen LogP contribution in [0, 0.1) is 13.8 Å². The van der Waals surface area contributed by atoms with Gasteiger partial charge >= 0.3 is 0 Å². The molecule has 0 saturated carbocycles. The smallest absolute Gasteiger partial charge is 0.225 e. The third kappa shape index (κ3) is 3.71. The van der Waals surface area contributed by atoms with Crippen LogP contribution < -0.4 is 16.0 Å². The molecule has 26 heavy (non-hydrogen) atoms. The molecule has 1 aliphatic heterocycles. The molecule has 1 aromatic heterocycles. The first-order valence-electron chi connectivity index (χ1n) is 8.82. The molecule has 2 aromatic rings. The normalized spacial score (nSPS) is 16.8. The highest BCUT2D eigenvalue weighted by molar-refractivity contribution is 5.94. The molecule has 0 bridgehead atoms. The second-order valence-corrected chi connectivity index (χ2v) is 6.62. The van der Waals surface area contributed by atoms with Crippen molar-refractivity contribution in [2.24, 2.45) is 12.0 Å². The standard InChI is InChI=1S/C19H26N6O/c1-12-16(13(2)25(4)24-12)11-22-19(20-3)21-10-14-9-18(26)23-17-8-6-5-7-15(14)17/h5-8,14H,9-11H2,1-4H3,(H,23,26)(H2,20,21,22). The minimum Gasteiger partial charge on any atom is -0.356 e. The first-order valence-corrected chi connectivity index (χ1v) is 8.82. The van der Waals surface area contributed by atoms with Crippen LogP contribution in [0.25, 0.3) is 0 Å². The van der Waals surface area contributed by atoms with E-state index in [4.69, 9.17) is 0 Å². The maximum Gasteiger partial charge on any atom is 0.225 e. The lowest BCUT2D eigenvalue weighted by Crippen LogP contribution is -2.40. The number of hydrogen-bond acceptors (Lipinski definition) is 3. The van der Waals surface area contributed by atoms with E-state index in [1.807, 2.05) is 36.9 Å². The molecule has 1 aromatic carbocycles. The van der Waals surface area contributed by atoms with Gasteiger partial charge in [-0.3, -0.25) is 14.5 Å². The Kier molecular flexibility index (Phi) is 5.25. The van der Waals surface area contributed by atoms with Gasteiger partial charge in [-0.05, 0) is 25.5 Å². The molecule has 7 heteroatoms. The van der Waals surface area contributed by atoms with Gasteiger partial charge in [0.25, 0.3) is 0 Å². The van der Waals surface area contributed by atoms with Crippen LogP contribution in [-0.4, -0.2) is 35.2 Å². The molecule has 3 rings (SSSR count). The average molecular weight is 354 g/mol. The number of guanidine groups is 1. The number of benzene rings is 1. The van der Waals surface area contributed by atoms with Crippen molar-refractivity contribution in [3.63, 3.8) is 0 Å². The third-order valence-electron chi connectivity index (χ3n) is 4.94. The molecule has 1 atom stereocenters. The molecular formula is C19H26N6O. The number of nitrogens with zero attached hydrogens (tertiary/aromatic N) is 3. The number of carbonyl (C=O) groups is 1. The van der Waals surface area contributed by atoms with Gasteiger partial charge in [-0.25, -0.2) is 0 Å². The van der Waals surface area contributed by atoms with Crippen LogP contribution in [0.4, 0.5) is 5.69 Å². The zero-order chi connectivity index (χ0) is 18.7. The number of anilines is 1. The zero-order valence-corrected chi connectivity index (χ0v) is 15.8. The highest BCUT2D eigenvalue weighted by Crippen LogP contribution is 2.31. The Labute approximate surface area is 153 Å². The summed E-state index contributed by atoms with van der Waals surface area (Å²) in [7, 11) is 3.70. The lowest BCUT2D eigenvalue weighted by molar-refractivity contribution is -0.116. The summed E-state index contributed by atoms with van der Waals surface area (Å²) < 4.78 is 1.89. The van der Waals surface area contributed by atoms with Crippen LogP contribution in [0.15, 0.2) is 29.3 Å². The number of para-hydroxylation sites is 1. The molecule has 0 spiro atoms. The van der Waals surface area contributed by atoms with E-state index in [1.54, 1.807) is 7.05 Å². The van der Waals surface area contributed by atoms with Crippen LogP contribution in [0.1, 0.15) is 34.9 Å². The van der Waals surface area contributed by atoms with Gasteiger partial charge in [0.05, 0.1) is 5.69 Å². The Hall–Kier alpha value is -2.83. The molecule has 3 N–H and O–H groups in total. The zero-order valence-electron chi connectivity index (χ0n) is 15.8. The fourth-order valence-electron chi connectivity index (χ4n) is 3.37. The van der Waals surface area contributed by atoms with Crippen LogP contribution in [0.5, 0.6) is 0 Å². The summed E-state index contributed by atoms with van der Waals surface area (Å²) in [5, 5.41) is 14.1. The Balaban J connectivity index is 1.62. The summed E-state index contributed by atoms with van der Waals surface area (Å²) in [5.41, 5.74) is 5.40. The quantitative estimate of drug-likeness (QED) is 0.578. The molecule has 2 heterocycles. The lowest BCUT2D eigenvalue weighted by Gasteiger charge is -2.26. The summed E-state index contributed by atoms with van der Waals surface area (Å²) >= 11 is 0. The van der Waals surface area contributed by atoms with E-state index in [9.17, 15) is 4.79 Å². The van der Waals surface area contributed by atoms with Crippen molar-refractivity contribution < 1.29 is 4.79 Å². The number of aliphatic imine (C=N–C) groups is 1. The predicted molar refractivity (Wildman–Crippen MR) is 103 cm³/mol. The molecule has 0 radical (unpaired) electrons. The van der Waals surface area contributed by atoms with Crippen molar-refractivity contribution in [3.8, 4) is 0 Å². The predicted octanol–water partition coefficient (Wildman–Crippen LogP) is 1.83.